The average Bonchev–Trinajstić information content (AvgIpc) is 2.82. The zero-order valence-corrected chi connectivity index (χ0v) is 16.7. The number of fused-ring (bicyclic) bond motifs is 5. The van der Waals surface area contributed by atoms with Gasteiger partial charge in [0.25, 0.3) is 5.91 Å². The average molecular weight is 415 g/mol. The fraction of sp³-hybridized carbons (Fsp3) is 0.167. The molecule has 1 aromatic heterocycles. The van der Waals surface area contributed by atoms with Crippen LogP contribution in [0.1, 0.15) is 27.7 Å². The van der Waals surface area contributed by atoms with E-state index in [9.17, 15) is 14.7 Å². The zero-order chi connectivity index (χ0) is 21.4. The van der Waals surface area contributed by atoms with E-state index in [-0.39, 0.29) is 18.4 Å². The molecular weight excluding hydrogens is 394 g/mol. The first-order valence-electron chi connectivity index (χ1n) is 10.1. The Bertz CT molecular complexity index is 1220. The van der Waals surface area contributed by atoms with Crippen LogP contribution in [0.5, 0.6) is 11.5 Å². The lowest BCUT2D eigenvalue weighted by atomic mass is 9.97. The van der Waals surface area contributed by atoms with Gasteiger partial charge in [-0.3, -0.25) is 19.3 Å². The van der Waals surface area contributed by atoms with Crippen molar-refractivity contribution in [1.29, 1.82) is 0 Å². The highest BCUT2D eigenvalue weighted by Gasteiger charge is 2.37. The Morgan fingerprint density at radius 3 is 2.55 bits per heavy atom. The minimum Gasteiger partial charge on any atom is -0.502 e. The van der Waals surface area contributed by atoms with Crippen molar-refractivity contribution in [2.45, 2.75) is 6.04 Å². The second-order valence-electron chi connectivity index (χ2n) is 7.46. The third kappa shape index (κ3) is 3.24. The Balaban J connectivity index is 1.80. The maximum Gasteiger partial charge on any atom is 0.278 e. The molecule has 7 nitrogen and oxygen atoms in total. The third-order valence-corrected chi connectivity index (χ3v) is 5.59. The van der Waals surface area contributed by atoms with Gasteiger partial charge < -0.3 is 14.7 Å². The molecule has 0 saturated carbocycles. The molecule has 1 amide bonds. The molecule has 0 spiro atoms. The number of hydrogen-bond acceptors (Lipinski definition) is 5. The molecule has 0 aliphatic carbocycles. The van der Waals surface area contributed by atoms with Crippen molar-refractivity contribution < 1.29 is 14.6 Å². The number of carbonyl (C=O) groups excluding carboxylic acids is 1. The van der Waals surface area contributed by atoms with E-state index < -0.39 is 17.1 Å². The van der Waals surface area contributed by atoms with Gasteiger partial charge in [0.05, 0.1) is 0 Å². The number of pyridine rings is 1. The quantitative estimate of drug-likeness (QED) is 0.619. The predicted octanol–water partition coefficient (Wildman–Crippen LogP) is 2.64. The lowest BCUT2D eigenvalue weighted by molar-refractivity contribution is 0.0701. The van der Waals surface area contributed by atoms with E-state index in [1.165, 1.54) is 6.07 Å². The monoisotopic (exact) mass is 415 g/mol. The molecule has 0 unspecified atom stereocenters. The summed E-state index contributed by atoms with van der Waals surface area (Å²) in [5, 5.41) is 12.5. The number of hydrogen-bond donors (Lipinski definition) is 1. The molecule has 0 fully saturated rings. The summed E-state index contributed by atoms with van der Waals surface area (Å²) in [6.07, 6.45) is 5.26. The van der Waals surface area contributed by atoms with E-state index in [1.807, 2.05) is 71.8 Å². The van der Waals surface area contributed by atoms with Gasteiger partial charge in [-0.1, -0.05) is 54.6 Å². The fourth-order valence-corrected chi connectivity index (χ4v) is 4.13. The highest BCUT2D eigenvalue weighted by molar-refractivity contribution is 5.96. The summed E-state index contributed by atoms with van der Waals surface area (Å²) >= 11 is 0. The first-order chi connectivity index (χ1) is 15.1. The summed E-state index contributed by atoms with van der Waals surface area (Å²) < 4.78 is 7.64. The molecule has 1 atom stereocenters. The number of nitrogens with zero attached hydrogens (tertiary/aromatic N) is 3. The lowest BCUT2D eigenvalue weighted by Crippen LogP contribution is -2.55. The first-order valence-corrected chi connectivity index (χ1v) is 10.1. The van der Waals surface area contributed by atoms with Crippen LogP contribution in [0.15, 0.2) is 83.8 Å². The van der Waals surface area contributed by atoms with Gasteiger partial charge >= 0.3 is 0 Å². The van der Waals surface area contributed by atoms with Crippen molar-refractivity contribution >= 4 is 5.91 Å². The predicted molar refractivity (Wildman–Crippen MR) is 116 cm³/mol. The van der Waals surface area contributed by atoms with Crippen LogP contribution in [0.2, 0.25) is 0 Å². The molecule has 2 bridgehead atoms. The van der Waals surface area contributed by atoms with Gasteiger partial charge in [-0.15, -0.1) is 0 Å². The van der Waals surface area contributed by atoms with Gasteiger partial charge in [-0.05, 0) is 17.7 Å². The van der Waals surface area contributed by atoms with E-state index in [0.717, 1.165) is 16.9 Å². The van der Waals surface area contributed by atoms with Crippen molar-refractivity contribution in [1.82, 2.24) is 9.58 Å². The molecule has 5 rings (SSSR count). The van der Waals surface area contributed by atoms with Gasteiger partial charge in [-0.2, -0.15) is 0 Å². The molecule has 156 valence electrons. The molecule has 3 aromatic rings. The van der Waals surface area contributed by atoms with Crippen LogP contribution in [0.3, 0.4) is 0 Å². The molecule has 3 heterocycles. The Kier molecular flexibility index (Phi) is 4.71. The smallest absolute Gasteiger partial charge is 0.278 e. The largest absolute Gasteiger partial charge is 0.502 e. The number of para-hydroxylation sites is 1. The lowest BCUT2D eigenvalue weighted by Gasteiger charge is -2.43. The van der Waals surface area contributed by atoms with E-state index in [0.29, 0.717) is 13.2 Å². The molecule has 0 saturated heterocycles. The molecule has 2 aliphatic rings. The van der Waals surface area contributed by atoms with Crippen molar-refractivity contribution in [3.63, 3.8) is 0 Å². The van der Waals surface area contributed by atoms with Gasteiger partial charge in [0.15, 0.2) is 11.4 Å². The standard InChI is InChI=1S/C24H21N3O4/c28-19-12-14-26-22(23(19)29)24(30)25-13-6-7-15-31-20-11-5-4-10-18(20)21(27(26)16-25)17-8-2-1-3-9-17/h1-12,14,21,29H,13,15-16H2/b7-6+/t21-/m0/s1. The molecule has 1 N–H and O–H groups in total. The highest BCUT2D eigenvalue weighted by atomic mass is 16.5. The Labute approximate surface area is 179 Å². The van der Waals surface area contributed by atoms with Crippen LogP contribution in [0, 0.1) is 0 Å². The Morgan fingerprint density at radius 1 is 0.935 bits per heavy atom. The van der Waals surface area contributed by atoms with Gasteiger partial charge in [0.1, 0.15) is 25.1 Å². The number of aromatic nitrogens is 1. The van der Waals surface area contributed by atoms with Crippen molar-refractivity contribution in [3.05, 3.63) is 106 Å². The topological polar surface area (TPSA) is 75.0 Å². The fourth-order valence-electron chi connectivity index (χ4n) is 4.13. The summed E-state index contributed by atoms with van der Waals surface area (Å²) in [6, 6.07) is 18.6. The molecule has 0 radical (unpaired) electrons. The Hall–Kier alpha value is -4.00. The zero-order valence-electron chi connectivity index (χ0n) is 16.7. The number of aromatic hydroxyl groups is 1. The van der Waals surface area contributed by atoms with Gasteiger partial charge in [-0.25, -0.2) is 0 Å². The van der Waals surface area contributed by atoms with Crippen molar-refractivity contribution in [2.75, 3.05) is 24.8 Å². The summed E-state index contributed by atoms with van der Waals surface area (Å²) in [5.41, 5.74) is 1.29. The Morgan fingerprint density at radius 2 is 1.71 bits per heavy atom. The molecule has 2 aliphatic heterocycles. The second kappa shape index (κ2) is 7.68. The SMILES string of the molecule is O=C1c2c(O)c(=O)ccn2N2CN1C/C=C/COc1ccccc1[C@@H]2c1ccccc1. The summed E-state index contributed by atoms with van der Waals surface area (Å²) in [7, 11) is 0. The number of carbonyl (C=O) groups is 1. The number of amides is 1. The summed E-state index contributed by atoms with van der Waals surface area (Å²) in [5.74, 6) is -0.202. The number of benzene rings is 2. The van der Waals surface area contributed by atoms with Crippen molar-refractivity contribution in [3.8, 4) is 11.5 Å². The highest BCUT2D eigenvalue weighted by Crippen LogP contribution is 2.36. The maximum absolute atomic E-state index is 13.2. The minimum atomic E-state index is -0.582. The maximum atomic E-state index is 13.2. The minimum absolute atomic E-state index is 0.0364. The number of rotatable bonds is 1. The van der Waals surface area contributed by atoms with Gasteiger partial charge in [0.2, 0.25) is 5.43 Å². The van der Waals surface area contributed by atoms with E-state index in [1.54, 1.807) is 15.8 Å². The van der Waals surface area contributed by atoms with Crippen LogP contribution in [-0.4, -0.2) is 40.4 Å². The van der Waals surface area contributed by atoms with Crippen LogP contribution < -0.4 is 15.2 Å². The molecule has 31 heavy (non-hydrogen) atoms. The van der Waals surface area contributed by atoms with Crippen LogP contribution >= 0.6 is 0 Å². The van der Waals surface area contributed by atoms with Crippen LogP contribution in [-0.2, 0) is 0 Å². The second-order valence-corrected chi connectivity index (χ2v) is 7.46. The first kappa shape index (κ1) is 19.0. The molecule has 2 aromatic carbocycles. The van der Waals surface area contributed by atoms with Gasteiger partial charge in [0, 0.05) is 24.4 Å². The number of ether oxygens (including phenoxy) is 1. The van der Waals surface area contributed by atoms with E-state index in [4.69, 9.17) is 4.74 Å². The van der Waals surface area contributed by atoms with Crippen LogP contribution in [0.4, 0.5) is 0 Å². The van der Waals surface area contributed by atoms with E-state index >= 15 is 0 Å². The van der Waals surface area contributed by atoms with E-state index in [2.05, 4.69) is 0 Å². The van der Waals surface area contributed by atoms with Crippen LogP contribution in [0.25, 0.3) is 0 Å². The summed E-state index contributed by atoms with van der Waals surface area (Å²) in [6.45, 7) is 0.974. The molecular formula is C24H21N3O4. The van der Waals surface area contributed by atoms with Crippen molar-refractivity contribution in [2.24, 2.45) is 0 Å². The summed E-state index contributed by atoms with van der Waals surface area (Å²) in [4.78, 5) is 26.9. The third-order valence-electron chi connectivity index (χ3n) is 5.59. The normalized spacial score (nSPS) is 19.0. The molecule has 7 heteroatoms.